The highest BCUT2D eigenvalue weighted by Gasteiger charge is 2.16. The van der Waals surface area contributed by atoms with Crippen LogP contribution in [0.15, 0.2) is 16.4 Å². The third-order valence-corrected chi connectivity index (χ3v) is 5.03. The van der Waals surface area contributed by atoms with Gasteiger partial charge in [-0.1, -0.05) is 0 Å². The Morgan fingerprint density at radius 1 is 1.38 bits per heavy atom. The van der Waals surface area contributed by atoms with E-state index in [-0.39, 0.29) is 24.0 Å². The van der Waals surface area contributed by atoms with Gasteiger partial charge in [0.25, 0.3) is 0 Å². The smallest absolute Gasteiger partial charge is 0.191 e. The molecule has 1 aliphatic rings. The third-order valence-electron chi connectivity index (χ3n) is 4.00. The van der Waals surface area contributed by atoms with Crippen LogP contribution in [0.3, 0.4) is 0 Å². The van der Waals surface area contributed by atoms with Crippen molar-refractivity contribution in [1.82, 2.24) is 15.5 Å². The molecule has 1 fully saturated rings. The molecule has 0 aliphatic carbocycles. The van der Waals surface area contributed by atoms with Gasteiger partial charge in [0.2, 0.25) is 0 Å². The summed E-state index contributed by atoms with van der Waals surface area (Å²) in [5.74, 6) is 1.69. The summed E-state index contributed by atoms with van der Waals surface area (Å²) in [6, 6.07) is 2.16. The Bertz CT molecular complexity index is 439. The monoisotopic (exact) mass is 422 g/mol. The van der Waals surface area contributed by atoms with Gasteiger partial charge in [-0.3, -0.25) is 4.99 Å². The average molecular weight is 422 g/mol. The summed E-state index contributed by atoms with van der Waals surface area (Å²) in [6.45, 7) is 6.47. The number of piperidine rings is 1. The van der Waals surface area contributed by atoms with Gasteiger partial charge in [-0.15, -0.1) is 35.3 Å². The fourth-order valence-corrected chi connectivity index (χ4v) is 3.32. The van der Waals surface area contributed by atoms with Gasteiger partial charge < -0.3 is 15.5 Å². The third kappa shape index (κ3) is 6.12. The number of hydrogen-bond acceptors (Lipinski definition) is 3. The number of nitrogens with one attached hydrogen (secondary N) is 2. The van der Waals surface area contributed by atoms with Gasteiger partial charge in [-0.25, -0.2) is 0 Å². The predicted molar refractivity (Wildman–Crippen MR) is 103 cm³/mol. The molecule has 0 unspecified atom stereocenters. The van der Waals surface area contributed by atoms with Crippen LogP contribution in [0.4, 0.5) is 0 Å². The van der Waals surface area contributed by atoms with Gasteiger partial charge in [0, 0.05) is 18.5 Å². The quantitative estimate of drug-likeness (QED) is 0.445. The first kappa shape index (κ1) is 18.7. The lowest BCUT2D eigenvalue weighted by molar-refractivity contribution is 0.220. The highest BCUT2D eigenvalue weighted by Crippen LogP contribution is 2.15. The van der Waals surface area contributed by atoms with Crippen LogP contribution in [0.25, 0.3) is 0 Å². The van der Waals surface area contributed by atoms with E-state index in [1.54, 1.807) is 11.3 Å². The Kier molecular flexibility index (Phi) is 8.58. The first-order valence-electron chi connectivity index (χ1n) is 7.35. The molecule has 0 bridgehead atoms. The molecule has 1 aromatic rings. The highest BCUT2D eigenvalue weighted by molar-refractivity contribution is 14.0. The van der Waals surface area contributed by atoms with Crippen molar-refractivity contribution in [2.24, 2.45) is 10.9 Å². The van der Waals surface area contributed by atoms with Crippen LogP contribution >= 0.6 is 35.3 Å². The van der Waals surface area contributed by atoms with E-state index >= 15 is 0 Å². The molecule has 0 saturated carbocycles. The van der Waals surface area contributed by atoms with Gasteiger partial charge in [-0.05, 0) is 62.8 Å². The predicted octanol–water partition coefficient (Wildman–Crippen LogP) is 2.68. The van der Waals surface area contributed by atoms with Crippen LogP contribution in [0.1, 0.15) is 23.3 Å². The molecule has 0 atom stereocenters. The van der Waals surface area contributed by atoms with Gasteiger partial charge in [0.05, 0.1) is 6.54 Å². The molecular weight excluding hydrogens is 395 g/mol. The summed E-state index contributed by atoms with van der Waals surface area (Å²) in [5, 5.41) is 9.00. The van der Waals surface area contributed by atoms with Crippen LogP contribution in [-0.2, 0) is 6.54 Å². The van der Waals surface area contributed by atoms with Crippen LogP contribution in [0.2, 0.25) is 0 Å². The molecular formula is C15H27IN4S. The van der Waals surface area contributed by atoms with Crippen LogP contribution in [0.5, 0.6) is 0 Å². The Labute approximate surface area is 149 Å². The molecule has 21 heavy (non-hydrogen) atoms. The highest BCUT2D eigenvalue weighted by atomic mass is 127. The molecule has 2 heterocycles. The zero-order valence-corrected chi connectivity index (χ0v) is 16.3. The van der Waals surface area contributed by atoms with Crippen molar-refractivity contribution in [1.29, 1.82) is 0 Å². The van der Waals surface area contributed by atoms with Crippen LogP contribution < -0.4 is 10.6 Å². The Morgan fingerprint density at radius 2 is 2.10 bits per heavy atom. The number of thiophene rings is 1. The van der Waals surface area contributed by atoms with Crippen molar-refractivity contribution in [3.8, 4) is 0 Å². The van der Waals surface area contributed by atoms with Gasteiger partial charge in [-0.2, -0.15) is 0 Å². The van der Waals surface area contributed by atoms with Crippen molar-refractivity contribution in [3.05, 3.63) is 21.9 Å². The maximum Gasteiger partial charge on any atom is 0.191 e. The van der Waals surface area contributed by atoms with E-state index in [1.807, 2.05) is 7.05 Å². The zero-order chi connectivity index (χ0) is 14.4. The summed E-state index contributed by atoms with van der Waals surface area (Å²) in [6.07, 6.45) is 2.56. The van der Waals surface area contributed by atoms with E-state index in [0.717, 1.165) is 25.0 Å². The van der Waals surface area contributed by atoms with Crippen molar-refractivity contribution in [2.75, 3.05) is 33.7 Å². The molecule has 0 amide bonds. The summed E-state index contributed by atoms with van der Waals surface area (Å²) < 4.78 is 0. The largest absolute Gasteiger partial charge is 0.356 e. The first-order valence-corrected chi connectivity index (χ1v) is 8.23. The van der Waals surface area contributed by atoms with E-state index in [9.17, 15) is 0 Å². The molecule has 0 spiro atoms. The SMILES string of the molecule is CN=C(NCc1sccc1C)NCC1CCN(C)CC1.I. The summed E-state index contributed by atoms with van der Waals surface area (Å²) in [5.41, 5.74) is 1.35. The fourth-order valence-electron chi connectivity index (χ4n) is 2.48. The maximum absolute atomic E-state index is 4.31. The number of guanidine groups is 1. The molecule has 1 aliphatic heterocycles. The van der Waals surface area contributed by atoms with E-state index in [1.165, 1.54) is 36.4 Å². The van der Waals surface area contributed by atoms with Crippen LogP contribution in [-0.4, -0.2) is 44.6 Å². The number of nitrogens with zero attached hydrogens (tertiary/aromatic N) is 2. The molecule has 1 aromatic heterocycles. The topological polar surface area (TPSA) is 39.7 Å². The number of aryl methyl sites for hydroxylation is 1. The maximum atomic E-state index is 4.31. The van der Waals surface area contributed by atoms with Gasteiger partial charge in [0.15, 0.2) is 5.96 Å². The van der Waals surface area contributed by atoms with Crippen molar-refractivity contribution >= 4 is 41.3 Å². The van der Waals surface area contributed by atoms with E-state index < -0.39 is 0 Å². The first-order chi connectivity index (χ1) is 9.69. The van der Waals surface area contributed by atoms with E-state index in [4.69, 9.17) is 0 Å². The molecule has 2 N–H and O–H groups in total. The zero-order valence-electron chi connectivity index (χ0n) is 13.2. The lowest BCUT2D eigenvalue weighted by atomic mass is 9.97. The second-order valence-electron chi connectivity index (χ2n) is 5.58. The van der Waals surface area contributed by atoms with Crippen molar-refractivity contribution < 1.29 is 0 Å². The van der Waals surface area contributed by atoms with E-state index in [2.05, 4.69) is 45.9 Å². The lowest BCUT2D eigenvalue weighted by Crippen LogP contribution is -2.41. The molecule has 6 heteroatoms. The average Bonchev–Trinajstić information content (AvgIpc) is 2.86. The minimum Gasteiger partial charge on any atom is -0.356 e. The van der Waals surface area contributed by atoms with Gasteiger partial charge in [0.1, 0.15) is 0 Å². The second-order valence-corrected chi connectivity index (χ2v) is 6.58. The summed E-state index contributed by atoms with van der Waals surface area (Å²) in [7, 11) is 4.04. The lowest BCUT2D eigenvalue weighted by Gasteiger charge is -2.29. The Morgan fingerprint density at radius 3 is 2.67 bits per heavy atom. The second kappa shape index (κ2) is 9.63. The number of likely N-dealkylation sites (tertiary alicyclic amines) is 1. The van der Waals surface area contributed by atoms with Crippen molar-refractivity contribution in [2.45, 2.75) is 26.3 Å². The molecule has 120 valence electrons. The molecule has 4 nitrogen and oxygen atoms in total. The minimum absolute atomic E-state index is 0. The molecule has 2 rings (SSSR count). The molecule has 1 saturated heterocycles. The van der Waals surface area contributed by atoms with Gasteiger partial charge >= 0.3 is 0 Å². The summed E-state index contributed by atoms with van der Waals surface area (Å²) >= 11 is 1.80. The van der Waals surface area contributed by atoms with Crippen molar-refractivity contribution in [3.63, 3.8) is 0 Å². The number of aliphatic imine (C=N–C) groups is 1. The fraction of sp³-hybridized carbons (Fsp3) is 0.667. The molecule has 0 radical (unpaired) electrons. The van der Waals surface area contributed by atoms with E-state index in [0.29, 0.717) is 0 Å². The number of rotatable bonds is 4. The Hall–Kier alpha value is -0.340. The normalized spacial score (nSPS) is 17.4. The number of halogens is 1. The standard InChI is InChI=1S/C15H26N4S.HI/c1-12-6-9-20-14(12)11-18-15(16-2)17-10-13-4-7-19(3)8-5-13;/h6,9,13H,4-5,7-8,10-11H2,1-3H3,(H2,16,17,18);1H. The van der Waals surface area contributed by atoms with Crippen LogP contribution in [0, 0.1) is 12.8 Å². The Balaban J connectivity index is 0.00000220. The summed E-state index contributed by atoms with van der Waals surface area (Å²) in [4.78, 5) is 8.09. The number of hydrogen-bond donors (Lipinski definition) is 2. The minimum atomic E-state index is 0. The molecule has 0 aromatic carbocycles.